The van der Waals surface area contributed by atoms with Crippen molar-refractivity contribution >= 4 is 50.0 Å². The monoisotopic (exact) mass is 328 g/mol. The highest BCUT2D eigenvalue weighted by Crippen LogP contribution is 2.53. The summed E-state index contributed by atoms with van der Waals surface area (Å²) in [4.78, 5) is 0. The van der Waals surface area contributed by atoms with Gasteiger partial charge in [-0.25, -0.2) is 4.57 Å². The van der Waals surface area contributed by atoms with Crippen molar-refractivity contribution < 1.29 is 13.6 Å². The zero-order valence-electron chi connectivity index (χ0n) is 5.63. The number of hydrogen-bond acceptors (Lipinski definition) is 3. The molecule has 0 saturated heterocycles. The molecule has 0 rings (SSSR count). The molecule has 0 amide bonds. The SMILES string of the molecule is O=P(Cl)(OCCBr)OCCBr. The highest BCUT2D eigenvalue weighted by molar-refractivity contribution is 9.09. The Balaban J connectivity index is 3.53. The van der Waals surface area contributed by atoms with Crippen LogP contribution in [0, 0.1) is 0 Å². The van der Waals surface area contributed by atoms with Crippen LogP contribution in [-0.2, 0) is 13.6 Å². The van der Waals surface area contributed by atoms with Gasteiger partial charge in [0.2, 0.25) is 0 Å². The number of halogens is 3. The standard InChI is InChI=1S/C4H8Br2ClO3P/c5-1-3-9-11(7,8)10-4-2-6/h1-4H2. The highest BCUT2D eigenvalue weighted by atomic mass is 79.9. The Morgan fingerprint density at radius 2 is 1.55 bits per heavy atom. The summed E-state index contributed by atoms with van der Waals surface area (Å²) in [6, 6.07) is 0. The van der Waals surface area contributed by atoms with Crippen LogP contribution in [0.25, 0.3) is 0 Å². The molecule has 0 aromatic carbocycles. The second kappa shape index (κ2) is 6.87. The number of rotatable bonds is 6. The van der Waals surface area contributed by atoms with Gasteiger partial charge in [0.25, 0.3) is 0 Å². The molecular weight excluding hydrogens is 322 g/mol. The van der Waals surface area contributed by atoms with Crippen molar-refractivity contribution in [2.24, 2.45) is 0 Å². The Morgan fingerprint density at radius 1 is 1.18 bits per heavy atom. The number of alkyl halides is 2. The fraction of sp³-hybridized carbons (Fsp3) is 1.00. The van der Waals surface area contributed by atoms with Crippen LogP contribution < -0.4 is 0 Å². The summed E-state index contributed by atoms with van der Waals surface area (Å²) in [6.07, 6.45) is 0. The zero-order valence-corrected chi connectivity index (χ0v) is 10.5. The van der Waals surface area contributed by atoms with Gasteiger partial charge >= 0.3 is 6.95 Å². The van der Waals surface area contributed by atoms with Gasteiger partial charge in [-0.1, -0.05) is 31.9 Å². The Kier molecular flexibility index (Phi) is 7.74. The third-order valence-corrected chi connectivity index (χ3v) is 2.86. The first-order valence-corrected chi connectivity index (χ1v) is 7.52. The van der Waals surface area contributed by atoms with E-state index in [9.17, 15) is 4.57 Å². The summed E-state index contributed by atoms with van der Waals surface area (Å²) >= 11 is 11.6. The maximum absolute atomic E-state index is 11.0. The molecule has 0 aliphatic carbocycles. The molecule has 0 saturated carbocycles. The highest BCUT2D eigenvalue weighted by Gasteiger charge is 2.19. The van der Waals surface area contributed by atoms with E-state index in [4.69, 9.17) is 20.3 Å². The minimum atomic E-state index is -3.31. The predicted octanol–water partition coefficient (Wildman–Crippen LogP) is 3.16. The predicted molar refractivity (Wildman–Crippen MR) is 53.0 cm³/mol. The van der Waals surface area contributed by atoms with Gasteiger partial charge in [-0.05, 0) is 0 Å². The smallest absolute Gasteiger partial charge is 0.296 e. The molecule has 0 aliphatic heterocycles. The van der Waals surface area contributed by atoms with Gasteiger partial charge in [-0.3, -0.25) is 9.05 Å². The molecule has 0 radical (unpaired) electrons. The lowest BCUT2D eigenvalue weighted by molar-refractivity contribution is 0.239. The average Bonchev–Trinajstić information content (AvgIpc) is 1.97. The van der Waals surface area contributed by atoms with Crippen LogP contribution in [0.4, 0.5) is 0 Å². The molecule has 0 unspecified atom stereocenters. The van der Waals surface area contributed by atoms with Gasteiger partial charge in [0.05, 0.1) is 13.2 Å². The number of hydrogen-bond donors (Lipinski definition) is 0. The summed E-state index contributed by atoms with van der Waals surface area (Å²) in [5, 5.41) is 1.17. The van der Waals surface area contributed by atoms with Gasteiger partial charge in [0, 0.05) is 21.9 Å². The van der Waals surface area contributed by atoms with Gasteiger partial charge < -0.3 is 0 Å². The first kappa shape index (κ1) is 12.4. The lowest BCUT2D eigenvalue weighted by atomic mass is 10.9. The second-order valence-electron chi connectivity index (χ2n) is 1.48. The van der Waals surface area contributed by atoms with Crippen LogP contribution >= 0.6 is 50.0 Å². The van der Waals surface area contributed by atoms with Crippen molar-refractivity contribution in [2.45, 2.75) is 0 Å². The van der Waals surface area contributed by atoms with Crippen molar-refractivity contribution in [3.05, 3.63) is 0 Å². The summed E-state index contributed by atoms with van der Waals surface area (Å²) in [6.45, 7) is -2.75. The Bertz CT molecular complexity index is 133. The first-order chi connectivity index (χ1) is 5.12. The normalized spacial score (nSPS) is 11.9. The minimum absolute atomic E-state index is 0.281. The van der Waals surface area contributed by atoms with E-state index in [1.54, 1.807) is 0 Å². The third-order valence-electron chi connectivity index (χ3n) is 0.645. The second-order valence-corrected chi connectivity index (χ2v) is 5.68. The fourth-order valence-corrected chi connectivity index (χ4v) is 2.26. The zero-order chi connectivity index (χ0) is 8.74. The molecule has 0 bridgehead atoms. The lowest BCUT2D eigenvalue weighted by Gasteiger charge is -2.08. The maximum atomic E-state index is 11.0. The molecule has 0 spiro atoms. The molecule has 0 N–H and O–H groups in total. The van der Waals surface area contributed by atoms with Crippen molar-refractivity contribution in [1.29, 1.82) is 0 Å². The lowest BCUT2D eigenvalue weighted by Crippen LogP contribution is -1.96. The van der Waals surface area contributed by atoms with E-state index in [0.717, 1.165) is 0 Å². The molecule has 68 valence electrons. The van der Waals surface area contributed by atoms with Crippen LogP contribution in [-0.4, -0.2) is 23.9 Å². The van der Waals surface area contributed by atoms with Gasteiger partial charge in [-0.15, -0.1) is 0 Å². The van der Waals surface area contributed by atoms with Gasteiger partial charge in [0.15, 0.2) is 0 Å². The topological polar surface area (TPSA) is 35.5 Å². The van der Waals surface area contributed by atoms with E-state index in [1.807, 2.05) is 0 Å². The maximum Gasteiger partial charge on any atom is 0.424 e. The molecule has 7 heteroatoms. The first-order valence-electron chi connectivity index (χ1n) is 2.83. The van der Waals surface area contributed by atoms with Gasteiger partial charge in [0.1, 0.15) is 0 Å². The van der Waals surface area contributed by atoms with Crippen molar-refractivity contribution in [1.82, 2.24) is 0 Å². The van der Waals surface area contributed by atoms with E-state index in [0.29, 0.717) is 10.7 Å². The molecular formula is C4H8Br2ClO3P. The Labute approximate surface area is 87.4 Å². The summed E-state index contributed by atoms with van der Waals surface area (Å²) in [5.74, 6) is 0. The molecule has 11 heavy (non-hydrogen) atoms. The molecule has 0 heterocycles. The molecule has 0 aliphatic rings. The largest absolute Gasteiger partial charge is 0.424 e. The average molecular weight is 330 g/mol. The summed E-state index contributed by atoms with van der Waals surface area (Å²) in [5.41, 5.74) is 0. The summed E-state index contributed by atoms with van der Waals surface area (Å²) in [7, 11) is 0. The van der Waals surface area contributed by atoms with Crippen molar-refractivity contribution in [3.8, 4) is 0 Å². The van der Waals surface area contributed by atoms with E-state index < -0.39 is 6.95 Å². The molecule has 0 atom stereocenters. The molecule has 0 aromatic heterocycles. The minimum Gasteiger partial charge on any atom is -0.296 e. The Hall–Kier alpha value is 1.40. The van der Waals surface area contributed by atoms with Crippen LogP contribution in [0.3, 0.4) is 0 Å². The van der Waals surface area contributed by atoms with Crippen LogP contribution in [0.15, 0.2) is 0 Å². The van der Waals surface area contributed by atoms with E-state index in [2.05, 4.69) is 31.9 Å². The quantitative estimate of drug-likeness (QED) is 0.554. The van der Waals surface area contributed by atoms with E-state index in [-0.39, 0.29) is 13.2 Å². The van der Waals surface area contributed by atoms with E-state index >= 15 is 0 Å². The third kappa shape index (κ3) is 7.75. The molecule has 3 nitrogen and oxygen atoms in total. The van der Waals surface area contributed by atoms with Crippen LogP contribution in [0.1, 0.15) is 0 Å². The van der Waals surface area contributed by atoms with E-state index in [1.165, 1.54) is 0 Å². The van der Waals surface area contributed by atoms with Crippen LogP contribution in [0.2, 0.25) is 0 Å². The van der Waals surface area contributed by atoms with Crippen molar-refractivity contribution in [2.75, 3.05) is 23.9 Å². The van der Waals surface area contributed by atoms with Crippen LogP contribution in [0.5, 0.6) is 0 Å². The molecule has 0 aromatic rings. The van der Waals surface area contributed by atoms with Crippen molar-refractivity contribution in [3.63, 3.8) is 0 Å². The summed E-state index contributed by atoms with van der Waals surface area (Å²) < 4.78 is 20.4. The van der Waals surface area contributed by atoms with Gasteiger partial charge in [-0.2, -0.15) is 0 Å². The Morgan fingerprint density at radius 3 is 1.82 bits per heavy atom. The fourth-order valence-electron chi connectivity index (χ4n) is 0.324. The molecule has 0 fully saturated rings.